The van der Waals surface area contributed by atoms with Gasteiger partial charge in [0, 0.05) is 16.5 Å². The largest absolute Gasteiger partial charge is 0.394 e. The fourth-order valence-corrected chi connectivity index (χ4v) is 4.46. The number of nitrogens with one attached hydrogen (secondary N) is 1. The van der Waals surface area contributed by atoms with E-state index in [1.807, 2.05) is 12.1 Å². The van der Waals surface area contributed by atoms with Crippen LogP contribution in [-0.2, 0) is 0 Å². The molecule has 2 N–H and O–H groups in total. The van der Waals surface area contributed by atoms with Crippen molar-refractivity contribution >= 4 is 11.8 Å². The first-order chi connectivity index (χ1) is 10.1. The zero-order chi connectivity index (χ0) is 15.3. The third kappa shape index (κ3) is 4.21. The number of halogens is 1. The van der Waals surface area contributed by atoms with Gasteiger partial charge in [-0.1, -0.05) is 32.4 Å². The van der Waals surface area contributed by atoms with Crippen LogP contribution in [0.1, 0.15) is 39.5 Å². The van der Waals surface area contributed by atoms with Crippen molar-refractivity contribution in [3.63, 3.8) is 0 Å². The molecule has 1 aromatic rings. The first-order valence-corrected chi connectivity index (χ1v) is 8.82. The fraction of sp³-hybridized carbons (Fsp3) is 0.647. The third-order valence-electron chi connectivity index (χ3n) is 4.38. The number of aliphatic hydroxyl groups excluding tert-OH is 1. The van der Waals surface area contributed by atoms with Gasteiger partial charge in [-0.25, -0.2) is 4.39 Å². The molecule has 1 aliphatic carbocycles. The van der Waals surface area contributed by atoms with Gasteiger partial charge in [-0.15, -0.1) is 11.8 Å². The summed E-state index contributed by atoms with van der Waals surface area (Å²) in [5.41, 5.74) is -0.135. The van der Waals surface area contributed by atoms with Crippen molar-refractivity contribution in [2.45, 2.75) is 56.0 Å². The second-order valence-corrected chi connectivity index (χ2v) is 7.41. The normalized spacial score (nSPS) is 25.7. The fourth-order valence-electron chi connectivity index (χ4n) is 3.46. The molecule has 0 aliphatic heterocycles. The first-order valence-electron chi connectivity index (χ1n) is 7.83. The van der Waals surface area contributed by atoms with Gasteiger partial charge in [0.2, 0.25) is 0 Å². The second-order valence-electron chi connectivity index (χ2n) is 6.27. The minimum absolute atomic E-state index is 0.135. The Kier molecular flexibility index (Phi) is 6.08. The highest BCUT2D eigenvalue weighted by Crippen LogP contribution is 2.39. The van der Waals surface area contributed by atoms with Crippen LogP contribution < -0.4 is 5.32 Å². The van der Waals surface area contributed by atoms with Gasteiger partial charge in [0.1, 0.15) is 5.82 Å². The Morgan fingerprint density at radius 3 is 2.86 bits per heavy atom. The molecule has 2 nitrogen and oxygen atoms in total. The van der Waals surface area contributed by atoms with E-state index < -0.39 is 0 Å². The molecule has 1 saturated carbocycles. The molecular weight excluding hydrogens is 285 g/mol. The van der Waals surface area contributed by atoms with E-state index in [2.05, 4.69) is 19.2 Å². The molecule has 21 heavy (non-hydrogen) atoms. The summed E-state index contributed by atoms with van der Waals surface area (Å²) in [5.74, 6) is 1.24. The van der Waals surface area contributed by atoms with E-state index in [1.54, 1.807) is 17.8 Å². The summed E-state index contributed by atoms with van der Waals surface area (Å²) in [4.78, 5) is 0.724. The van der Waals surface area contributed by atoms with Crippen molar-refractivity contribution in [3.8, 4) is 0 Å². The van der Waals surface area contributed by atoms with Crippen LogP contribution >= 0.6 is 11.8 Å². The molecule has 1 aromatic carbocycles. The van der Waals surface area contributed by atoms with Gasteiger partial charge in [-0.05, 0) is 43.1 Å². The molecular formula is C17H26FNOS. The molecule has 0 amide bonds. The van der Waals surface area contributed by atoms with Gasteiger partial charge in [-0.3, -0.25) is 0 Å². The zero-order valence-corrected chi connectivity index (χ0v) is 13.8. The first kappa shape index (κ1) is 16.8. The van der Waals surface area contributed by atoms with Gasteiger partial charge in [0.15, 0.2) is 0 Å². The minimum Gasteiger partial charge on any atom is -0.394 e. The minimum atomic E-state index is -0.136. The van der Waals surface area contributed by atoms with Crippen LogP contribution in [0.2, 0.25) is 0 Å². The van der Waals surface area contributed by atoms with E-state index in [9.17, 15) is 9.50 Å². The average Bonchev–Trinajstić information content (AvgIpc) is 2.84. The SMILES string of the molecule is CC(C)NC1(CO)CCCC1CCSc1ccccc1F. The molecule has 4 heteroatoms. The van der Waals surface area contributed by atoms with Gasteiger partial charge in [0.05, 0.1) is 6.61 Å². The molecule has 0 radical (unpaired) electrons. The summed E-state index contributed by atoms with van der Waals surface area (Å²) in [5, 5.41) is 13.4. The highest BCUT2D eigenvalue weighted by Gasteiger charge is 2.41. The summed E-state index contributed by atoms with van der Waals surface area (Å²) < 4.78 is 13.6. The number of thioether (sulfide) groups is 1. The van der Waals surface area contributed by atoms with E-state index in [1.165, 1.54) is 6.07 Å². The summed E-state index contributed by atoms with van der Waals surface area (Å²) in [6, 6.07) is 7.31. The smallest absolute Gasteiger partial charge is 0.136 e. The Labute approximate surface area is 131 Å². The van der Waals surface area contributed by atoms with Crippen molar-refractivity contribution in [1.82, 2.24) is 5.32 Å². The van der Waals surface area contributed by atoms with Crippen molar-refractivity contribution < 1.29 is 9.50 Å². The predicted molar refractivity (Wildman–Crippen MR) is 87.2 cm³/mol. The Hall–Kier alpha value is -0.580. The van der Waals surface area contributed by atoms with Gasteiger partial charge in [0.25, 0.3) is 0 Å². The highest BCUT2D eigenvalue weighted by atomic mass is 32.2. The Balaban J connectivity index is 1.91. The average molecular weight is 311 g/mol. The van der Waals surface area contributed by atoms with Crippen LogP contribution in [0.25, 0.3) is 0 Å². The second kappa shape index (κ2) is 7.61. The van der Waals surface area contributed by atoms with Crippen molar-refractivity contribution in [1.29, 1.82) is 0 Å². The van der Waals surface area contributed by atoms with E-state index in [4.69, 9.17) is 0 Å². The lowest BCUT2D eigenvalue weighted by Crippen LogP contribution is -2.54. The van der Waals surface area contributed by atoms with Gasteiger partial charge < -0.3 is 10.4 Å². The monoisotopic (exact) mass is 311 g/mol. The van der Waals surface area contributed by atoms with Crippen LogP contribution in [0.15, 0.2) is 29.2 Å². The maximum atomic E-state index is 13.6. The molecule has 1 aliphatic rings. The van der Waals surface area contributed by atoms with Crippen LogP contribution in [0.3, 0.4) is 0 Å². The Bertz CT molecular complexity index is 454. The van der Waals surface area contributed by atoms with Crippen LogP contribution in [-0.4, -0.2) is 29.0 Å². The molecule has 2 unspecified atom stereocenters. The van der Waals surface area contributed by atoms with Crippen LogP contribution in [0.4, 0.5) is 4.39 Å². The standard InChI is InChI=1S/C17H26FNOS/c1-13(2)19-17(12-20)10-5-6-14(17)9-11-21-16-8-4-3-7-15(16)18/h3-4,7-8,13-14,19-20H,5-6,9-12H2,1-2H3. The van der Waals surface area contributed by atoms with Crippen LogP contribution in [0.5, 0.6) is 0 Å². The van der Waals surface area contributed by atoms with E-state index >= 15 is 0 Å². The predicted octanol–water partition coefficient (Wildman–Crippen LogP) is 3.84. The Morgan fingerprint density at radius 1 is 1.43 bits per heavy atom. The zero-order valence-electron chi connectivity index (χ0n) is 12.9. The molecule has 0 spiro atoms. The molecule has 118 valence electrons. The lowest BCUT2D eigenvalue weighted by atomic mass is 9.85. The topological polar surface area (TPSA) is 32.3 Å². The molecule has 0 aromatic heterocycles. The van der Waals surface area contributed by atoms with E-state index in [0.717, 1.165) is 36.3 Å². The van der Waals surface area contributed by atoms with Crippen molar-refractivity contribution in [2.24, 2.45) is 5.92 Å². The lowest BCUT2D eigenvalue weighted by molar-refractivity contribution is 0.113. The van der Waals surface area contributed by atoms with Crippen molar-refractivity contribution in [3.05, 3.63) is 30.1 Å². The Morgan fingerprint density at radius 2 is 2.19 bits per heavy atom. The van der Waals surface area contributed by atoms with Crippen molar-refractivity contribution in [2.75, 3.05) is 12.4 Å². The summed E-state index contributed by atoms with van der Waals surface area (Å²) in [6.45, 7) is 4.45. The summed E-state index contributed by atoms with van der Waals surface area (Å²) in [7, 11) is 0. The van der Waals surface area contributed by atoms with Crippen LogP contribution in [0, 0.1) is 11.7 Å². The molecule has 0 heterocycles. The third-order valence-corrected chi connectivity index (χ3v) is 5.46. The quantitative estimate of drug-likeness (QED) is 0.751. The number of rotatable bonds is 7. The number of hydrogen-bond acceptors (Lipinski definition) is 3. The van der Waals surface area contributed by atoms with E-state index in [0.29, 0.717) is 12.0 Å². The summed E-state index contributed by atoms with van der Waals surface area (Å²) in [6.07, 6.45) is 4.36. The lowest BCUT2D eigenvalue weighted by Gasteiger charge is -2.37. The molecule has 0 saturated heterocycles. The molecule has 2 rings (SSSR count). The maximum absolute atomic E-state index is 13.6. The molecule has 2 atom stereocenters. The number of hydrogen-bond donors (Lipinski definition) is 2. The molecule has 0 bridgehead atoms. The van der Waals surface area contributed by atoms with E-state index in [-0.39, 0.29) is 18.0 Å². The number of aliphatic hydroxyl groups is 1. The van der Waals surface area contributed by atoms with Gasteiger partial charge >= 0.3 is 0 Å². The highest BCUT2D eigenvalue weighted by molar-refractivity contribution is 7.99. The maximum Gasteiger partial charge on any atom is 0.136 e. The van der Waals surface area contributed by atoms with Gasteiger partial charge in [-0.2, -0.15) is 0 Å². The molecule has 1 fully saturated rings. The summed E-state index contributed by atoms with van der Waals surface area (Å²) >= 11 is 1.58. The number of benzene rings is 1.